The van der Waals surface area contributed by atoms with Gasteiger partial charge in [-0.3, -0.25) is 9.69 Å². The molecule has 0 spiro atoms. The van der Waals surface area contributed by atoms with Gasteiger partial charge in [0.25, 0.3) is 0 Å². The Morgan fingerprint density at radius 3 is 2.54 bits per heavy atom. The molecule has 0 N–H and O–H groups in total. The molecule has 2 aliphatic rings. The third-order valence-electron chi connectivity index (χ3n) is 6.47. The molecule has 4 rings (SSSR count). The molecule has 1 aromatic heterocycles. The Bertz CT molecular complexity index is 783. The lowest BCUT2D eigenvalue weighted by Crippen LogP contribution is -2.48. The summed E-state index contributed by atoms with van der Waals surface area (Å²) in [6.07, 6.45) is 9.60. The summed E-state index contributed by atoms with van der Waals surface area (Å²) in [5, 5.41) is 1.27. The number of nitrogens with zero attached hydrogens (tertiary/aromatic N) is 2. The molecule has 0 radical (unpaired) electrons. The number of carbonyl (C=O) groups excluding carboxylic acids is 1. The molecule has 1 saturated carbocycles. The Balaban J connectivity index is 1.30. The highest BCUT2D eigenvalue weighted by atomic mass is 32.1. The van der Waals surface area contributed by atoms with E-state index in [-0.39, 0.29) is 0 Å². The van der Waals surface area contributed by atoms with Gasteiger partial charge in [-0.2, -0.15) is 0 Å². The first-order valence-corrected chi connectivity index (χ1v) is 11.7. The predicted molar refractivity (Wildman–Crippen MR) is 117 cm³/mol. The summed E-state index contributed by atoms with van der Waals surface area (Å²) >= 11 is 1.83. The van der Waals surface area contributed by atoms with Crippen LogP contribution in [0.2, 0.25) is 0 Å². The normalized spacial score (nSPS) is 19.1. The number of hydrogen-bond donors (Lipinski definition) is 0. The Kier molecular flexibility index (Phi) is 6.27. The molecule has 1 aliphatic carbocycles. The molecule has 0 amide bonds. The maximum atomic E-state index is 12.4. The van der Waals surface area contributed by atoms with Crippen LogP contribution in [0.15, 0.2) is 30.5 Å². The molecule has 2 fully saturated rings. The third kappa shape index (κ3) is 4.55. The van der Waals surface area contributed by atoms with E-state index >= 15 is 0 Å². The molecular formula is C24H32N2OS. The number of aryl methyl sites for hydroxylation is 1. The number of carbonyl (C=O) groups is 1. The highest BCUT2D eigenvalue weighted by Gasteiger charge is 2.31. The summed E-state index contributed by atoms with van der Waals surface area (Å²) in [6, 6.07) is 9.39. The van der Waals surface area contributed by atoms with Crippen LogP contribution in [-0.2, 0) is 11.2 Å². The molecule has 4 heteroatoms. The van der Waals surface area contributed by atoms with Crippen LogP contribution in [0.1, 0.15) is 68.9 Å². The molecule has 1 saturated heterocycles. The summed E-state index contributed by atoms with van der Waals surface area (Å²) in [4.78, 5) is 20.9. The predicted octanol–water partition coefficient (Wildman–Crippen LogP) is 5.70. The highest BCUT2D eigenvalue weighted by Crippen LogP contribution is 2.35. The van der Waals surface area contributed by atoms with Crippen molar-refractivity contribution >= 4 is 17.1 Å². The van der Waals surface area contributed by atoms with Gasteiger partial charge < -0.3 is 0 Å². The van der Waals surface area contributed by atoms with E-state index in [2.05, 4.69) is 48.0 Å². The van der Waals surface area contributed by atoms with E-state index in [0.717, 1.165) is 32.4 Å². The van der Waals surface area contributed by atoms with Crippen LogP contribution in [0.25, 0.3) is 10.4 Å². The van der Waals surface area contributed by atoms with E-state index in [4.69, 9.17) is 0 Å². The standard InChI is InChI=1S/C24H32N2OS/c1-17(2)26-15-21(16-26)24-25-14-23(28-24)20-11-8-18(9-12-20)10-13-22(27)19-6-4-3-5-7-19/h8-9,11-12,14,17,19,21H,3-7,10,13,15-16H2,1-2H3. The monoisotopic (exact) mass is 396 g/mol. The zero-order chi connectivity index (χ0) is 19.5. The van der Waals surface area contributed by atoms with E-state index in [9.17, 15) is 4.79 Å². The first-order valence-electron chi connectivity index (χ1n) is 10.9. The molecule has 0 bridgehead atoms. The molecule has 2 heterocycles. The summed E-state index contributed by atoms with van der Waals surface area (Å²) in [7, 11) is 0. The lowest BCUT2D eigenvalue weighted by atomic mass is 9.84. The highest BCUT2D eigenvalue weighted by molar-refractivity contribution is 7.15. The summed E-state index contributed by atoms with van der Waals surface area (Å²) in [6.45, 7) is 6.79. The zero-order valence-electron chi connectivity index (χ0n) is 17.2. The minimum absolute atomic E-state index is 0.335. The third-order valence-corrected chi connectivity index (χ3v) is 7.68. The first-order chi connectivity index (χ1) is 13.6. The summed E-state index contributed by atoms with van der Waals surface area (Å²) < 4.78 is 0. The van der Waals surface area contributed by atoms with Gasteiger partial charge in [-0.15, -0.1) is 11.3 Å². The van der Waals surface area contributed by atoms with E-state index in [0.29, 0.717) is 30.1 Å². The second-order valence-corrected chi connectivity index (χ2v) is 9.87. The maximum Gasteiger partial charge on any atom is 0.136 e. The number of ketones is 1. The summed E-state index contributed by atoms with van der Waals surface area (Å²) in [5.74, 6) is 1.42. The maximum absolute atomic E-state index is 12.4. The van der Waals surface area contributed by atoms with Gasteiger partial charge in [0.2, 0.25) is 0 Å². The van der Waals surface area contributed by atoms with Crippen LogP contribution < -0.4 is 0 Å². The Labute approximate surface area is 173 Å². The van der Waals surface area contributed by atoms with Crippen LogP contribution in [0.5, 0.6) is 0 Å². The van der Waals surface area contributed by atoms with Crippen molar-refractivity contribution < 1.29 is 4.79 Å². The number of hydrogen-bond acceptors (Lipinski definition) is 4. The second-order valence-electron chi connectivity index (χ2n) is 8.81. The first kappa shape index (κ1) is 19.8. The van der Waals surface area contributed by atoms with Crippen LogP contribution in [0, 0.1) is 5.92 Å². The smallest absolute Gasteiger partial charge is 0.136 e. The van der Waals surface area contributed by atoms with Crippen molar-refractivity contribution in [2.75, 3.05) is 13.1 Å². The van der Waals surface area contributed by atoms with Gasteiger partial charge in [-0.1, -0.05) is 43.5 Å². The van der Waals surface area contributed by atoms with Gasteiger partial charge in [0.15, 0.2) is 0 Å². The molecular weight excluding hydrogens is 364 g/mol. The molecule has 28 heavy (non-hydrogen) atoms. The molecule has 150 valence electrons. The van der Waals surface area contributed by atoms with Crippen molar-refractivity contribution in [3.05, 3.63) is 41.0 Å². The number of aromatic nitrogens is 1. The Hall–Kier alpha value is -1.52. The van der Waals surface area contributed by atoms with Crippen molar-refractivity contribution in [1.29, 1.82) is 0 Å². The van der Waals surface area contributed by atoms with Gasteiger partial charge >= 0.3 is 0 Å². The minimum Gasteiger partial charge on any atom is -0.299 e. The molecule has 1 aromatic carbocycles. The largest absolute Gasteiger partial charge is 0.299 e. The lowest BCUT2D eigenvalue weighted by Gasteiger charge is -2.41. The van der Waals surface area contributed by atoms with Gasteiger partial charge in [-0.05, 0) is 44.2 Å². The molecule has 1 aliphatic heterocycles. The fourth-order valence-electron chi connectivity index (χ4n) is 4.43. The minimum atomic E-state index is 0.335. The zero-order valence-corrected chi connectivity index (χ0v) is 18.0. The second kappa shape index (κ2) is 8.87. The molecule has 3 nitrogen and oxygen atoms in total. The SMILES string of the molecule is CC(C)N1CC(c2ncc(-c3ccc(CCC(=O)C4CCCCC4)cc3)s2)C1. The van der Waals surface area contributed by atoms with Gasteiger partial charge in [-0.25, -0.2) is 4.98 Å². The number of thiazole rings is 1. The number of benzene rings is 1. The van der Waals surface area contributed by atoms with Crippen LogP contribution in [-0.4, -0.2) is 34.8 Å². The fraction of sp³-hybridized carbons (Fsp3) is 0.583. The average molecular weight is 397 g/mol. The van der Waals surface area contributed by atoms with Gasteiger partial charge in [0, 0.05) is 43.6 Å². The van der Waals surface area contributed by atoms with Crippen LogP contribution >= 0.6 is 11.3 Å². The lowest BCUT2D eigenvalue weighted by molar-refractivity contribution is -0.123. The quantitative estimate of drug-likeness (QED) is 0.602. The van der Waals surface area contributed by atoms with Crippen molar-refractivity contribution in [1.82, 2.24) is 9.88 Å². The fourth-order valence-corrected chi connectivity index (χ4v) is 5.44. The molecule has 0 unspecified atom stereocenters. The number of rotatable bonds is 7. The Morgan fingerprint density at radius 2 is 1.86 bits per heavy atom. The Morgan fingerprint density at radius 1 is 1.14 bits per heavy atom. The summed E-state index contributed by atoms with van der Waals surface area (Å²) in [5.41, 5.74) is 2.51. The molecule has 2 aromatic rings. The van der Waals surface area contributed by atoms with Crippen molar-refractivity contribution in [3.8, 4) is 10.4 Å². The van der Waals surface area contributed by atoms with E-state index < -0.39 is 0 Å². The van der Waals surface area contributed by atoms with E-state index in [1.165, 1.54) is 40.3 Å². The van der Waals surface area contributed by atoms with Crippen molar-refractivity contribution in [3.63, 3.8) is 0 Å². The van der Waals surface area contributed by atoms with Crippen LogP contribution in [0.4, 0.5) is 0 Å². The number of likely N-dealkylation sites (tertiary alicyclic amines) is 1. The average Bonchev–Trinajstić information content (AvgIpc) is 3.15. The van der Waals surface area contributed by atoms with Crippen molar-refractivity contribution in [2.45, 2.75) is 70.8 Å². The van der Waals surface area contributed by atoms with Gasteiger partial charge in [0.05, 0.1) is 9.88 Å². The van der Waals surface area contributed by atoms with Gasteiger partial charge in [0.1, 0.15) is 5.78 Å². The van der Waals surface area contributed by atoms with Crippen LogP contribution in [0.3, 0.4) is 0 Å². The van der Waals surface area contributed by atoms with E-state index in [1.54, 1.807) is 0 Å². The number of Topliss-reactive ketones (excluding diaryl/α,β-unsaturated/α-hetero) is 1. The van der Waals surface area contributed by atoms with E-state index in [1.807, 2.05) is 17.5 Å². The molecule has 0 atom stereocenters. The van der Waals surface area contributed by atoms with Crippen molar-refractivity contribution in [2.24, 2.45) is 5.92 Å². The topological polar surface area (TPSA) is 33.2 Å².